The van der Waals surface area contributed by atoms with Gasteiger partial charge in [-0.15, -0.1) is 0 Å². The summed E-state index contributed by atoms with van der Waals surface area (Å²) in [7, 11) is -4.07. The van der Waals surface area contributed by atoms with Crippen LogP contribution in [0.15, 0.2) is 52.3 Å². The summed E-state index contributed by atoms with van der Waals surface area (Å²) in [6.07, 6.45) is -0.363. The third-order valence-corrected chi connectivity index (χ3v) is 6.61. The van der Waals surface area contributed by atoms with Crippen molar-refractivity contribution in [3.8, 4) is 0 Å². The molecule has 0 bridgehead atoms. The number of anilines is 2. The molecule has 30 heavy (non-hydrogen) atoms. The molecule has 2 N–H and O–H groups in total. The van der Waals surface area contributed by atoms with E-state index in [1.165, 1.54) is 30.0 Å². The van der Waals surface area contributed by atoms with Crippen molar-refractivity contribution in [3.63, 3.8) is 0 Å². The predicted octanol–water partition coefficient (Wildman–Crippen LogP) is 2.81. The Bertz CT molecular complexity index is 1070. The molecule has 160 valence electrons. The van der Waals surface area contributed by atoms with E-state index < -0.39 is 27.7 Å². The zero-order chi connectivity index (χ0) is 21.9. The fourth-order valence-electron chi connectivity index (χ4n) is 3.36. The van der Waals surface area contributed by atoms with Gasteiger partial charge < -0.3 is 20.2 Å². The lowest BCUT2D eigenvalue weighted by Crippen LogP contribution is -2.34. The zero-order valence-corrected chi connectivity index (χ0v) is 17.2. The van der Waals surface area contributed by atoms with Gasteiger partial charge >= 0.3 is 6.09 Å². The van der Waals surface area contributed by atoms with Crippen molar-refractivity contribution in [2.45, 2.75) is 23.1 Å². The lowest BCUT2D eigenvalue weighted by atomic mass is 10.2. The van der Waals surface area contributed by atoms with Gasteiger partial charge in [-0.1, -0.05) is 6.07 Å². The van der Waals surface area contributed by atoms with E-state index in [0.717, 1.165) is 12.1 Å². The quantitative estimate of drug-likeness (QED) is 0.765. The van der Waals surface area contributed by atoms with E-state index >= 15 is 0 Å². The molecule has 0 spiro atoms. The molecule has 1 aliphatic rings. The van der Waals surface area contributed by atoms with Gasteiger partial charge in [0.2, 0.25) is 15.7 Å². The summed E-state index contributed by atoms with van der Waals surface area (Å²) in [5, 5.41) is 11.7. The maximum absolute atomic E-state index is 13.6. The lowest BCUT2D eigenvalue weighted by Gasteiger charge is -2.24. The molecular weight excluding hydrogens is 413 g/mol. The van der Waals surface area contributed by atoms with Crippen LogP contribution in [-0.2, 0) is 14.6 Å². The van der Waals surface area contributed by atoms with E-state index in [1.54, 1.807) is 12.1 Å². The normalized spacial score (nSPS) is 14.9. The summed E-state index contributed by atoms with van der Waals surface area (Å²) in [6.45, 7) is 3.01. The standard InChI is InChI=1S/C20H22FN3O5S/c1-14(25)22-18-13-16(23-8-3-9-24(11-10-23)20(26)27)6-7-19(18)30(28,29)17-5-2-4-15(21)12-17/h2,4-7,12-13H,3,8-11H2,1H3,(H,22,25)(H,26,27). The van der Waals surface area contributed by atoms with Crippen LogP contribution in [-0.4, -0.2) is 56.6 Å². The first-order valence-electron chi connectivity index (χ1n) is 9.33. The lowest BCUT2D eigenvalue weighted by molar-refractivity contribution is -0.114. The maximum Gasteiger partial charge on any atom is 0.407 e. The summed E-state index contributed by atoms with van der Waals surface area (Å²) >= 11 is 0. The van der Waals surface area contributed by atoms with E-state index in [0.29, 0.717) is 38.3 Å². The first-order chi connectivity index (χ1) is 14.2. The number of carbonyl (C=O) groups excluding carboxylic acids is 1. The van der Waals surface area contributed by atoms with Gasteiger partial charge in [0.25, 0.3) is 0 Å². The SMILES string of the molecule is CC(=O)Nc1cc(N2CCCN(C(=O)O)CC2)ccc1S(=O)(=O)c1cccc(F)c1. The third kappa shape index (κ3) is 4.70. The number of halogens is 1. The van der Waals surface area contributed by atoms with Crippen LogP contribution in [0.1, 0.15) is 13.3 Å². The molecule has 8 nitrogen and oxygen atoms in total. The Morgan fingerprint density at radius 3 is 2.50 bits per heavy atom. The highest BCUT2D eigenvalue weighted by molar-refractivity contribution is 7.91. The number of sulfone groups is 1. The number of nitrogens with zero attached hydrogens (tertiary/aromatic N) is 2. The number of rotatable bonds is 4. The van der Waals surface area contributed by atoms with Crippen molar-refractivity contribution in [2.75, 3.05) is 36.4 Å². The van der Waals surface area contributed by atoms with E-state index in [2.05, 4.69) is 5.32 Å². The van der Waals surface area contributed by atoms with Gasteiger partial charge in [-0.25, -0.2) is 17.6 Å². The van der Waals surface area contributed by atoms with Crippen molar-refractivity contribution in [1.29, 1.82) is 0 Å². The molecule has 1 aliphatic heterocycles. The number of amides is 2. The van der Waals surface area contributed by atoms with Crippen LogP contribution in [0, 0.1) is 5.82 Å². The van der Waals surface area contributed by atoms with Crippen molar-refractivity contribution in [2.24, 2.45) is 0 Å². The highest BCUT2D eigenvalue weighted by Crippen LogP contribution is 2.32. The Balaban J connectivity index is 1.98. The molecule has 0 aromatic heterocycles. The average molecular weight is 435 g/mol. The number of nitrogens with one attached hydrogen (secondary N) is 1. The minimum Gasteiger partial charge on any atom is -0.465 e. The van der Waals surface area contributed by atoms with Gasteiger partial charge in [0.15, 0.2) is 0 Å². The molecule has 1 heterocycles. The summed E-state index contributed by atoms with van der Waals surface area (Å²) in [6, 6.07) is 9.20. The van der Waals surface area contributed by atoms with Crippen LogP contribution in [0.25, 0.3) is 0 Å². The van der Waals surface area contributed by atoms with Crippen LogP contribution in [0.5, 0.6) is 0 Å². The van der Waals surface area contributed by atoms with Crippen molar-refractivity contribution in [1.82, 2.24) is 4.90 Å². The van der Waals surface area contributed by atoms with Gasteiger partial charge in [-0.2, -0.15) is 0 Å². The molecule has 0 atom stereocenters. The summed E-state index contributed by atoms with van der Waals surface area (Å²) in [5.41, 5.74) is 0.743. The van der Waals surface area contributed by atoms with E-state index in [4.69, 9.17) is 0 Å². The second-order valence-corrected chi connectivity index (χ2v) is 8.85. The zero-order valence-electron chi connectivity index (χ0n) is 16.3. The topological polar surface area (TPSA) is 107 Å². The first-order valence-corrected chi connectivity index (χ1v) is 10.8. The number of carboxylic acid groups (broad SMARTS) is 1. The van der Waals surface area contributed by atoms with Crippen molar-refractivity contribution in [3.05, 3.63) is 48.3 Å². The fraction of sp³-hybridized carbons (Fsp3) is 0.300. The smallest absolute Gasteiger partial charge is 0.407 e. The summed E-state index contributed by atoms with van der Waals surface area (Å²) in [5.74, 6) is -1.13. The Morgan fingerprint density at radius 2 is 1.83 bits per heavy atom. The molecule has 2 amide bonds. The Kier molecular flexibility index (Phi) is 6.25. The van der Waals surface area contributed by atoms with Crippen LogP contribution >= 0.6 is 0 Å². The maximum atomic E-state index is 13.6. The third-order valence-electron chi connectivity index (χ3n) is 4.80. The highest BCUT2D eigenvalue weighted by atomic mass is 32.2. The largest absolute Gasteiger partial charge is 0.465 e. The number of benzene rings is 2. The van der Waals surface area contributed by atoms with Crippen molar-refractivity contribution >= 4 is 33.2 Å². The molecule has 0 saturated carbocycles. The number of hydrogen-bond donors (Lipinski definition) is 2. The van der Waals surface area contributed by atoms with Crippen molar-refractivity contribution < 1.29 is 27.5 Å². The van der Waals surface area contributed by atoms with E-state index in [-0.39, 0.29) is 15.5 Å². The molecule has 1 saturated heterocycles. The Morgan fingerprint density at radius 1 is 1.07 bits per heavy atom. The molecule has 2 aromatic rings. The first kappa shape index (κ1) is 21.6. The summed E-state index contributed by atoms with van der Waals surface area (Å²) in [4.78, 5) is 25.8. The highest BCUT2D eigenvalue weighted by Gasteiger charge is 2.25. The van der Waals surface area contributed by atoms with Gasteiger partial charge in [0, 0.05) is 38.8 Å². The molecule has 10 heteroatoms. The van der Waals surface area contributed by atoms with Gasteiger partial charge in [0.1, 0.15) is 5.82 Å². The molecule has 3 rings (SSSR count). The fourth-order valence-corrected chi connectivity index (χ4v) is 4.79. The Hall–Kier alpha value is -3.14. The second kappa shape index (κ2) is 8.70. The van der Waals surface area contributed by atoms with Crippen LogP contribution in [0.3, 0.4) is 0 Å². The van der Waals surface area contributed by atoms with Gasteiger partial charge in [0.05, 0.1) is 15.5 Å². The van der Waals surface area contributed by atoms with Crippen LogP contribution < -0.4 is 10.2 Å². The molecule has 0 unspecified atom stereocenters. The van der Waals surface area contributed by atoms with Gasteiger partial charge in [-0.3, -0.25) is 4.79 Å². The van der Waals surface area contributed by atoms with Crippen LogP contribution in [0.2, 0.25) is 0 Å². The monoisotopic (exact) mass is 435 g/mol. The minimum absolute atomic E-state index is 0.0867. The second-order valence-electron chi connectivity index (χ2n) is 6.93. The van der Waals surface area contributed by atoms with Gasteiger partial charge in [-0.05, 0) is 42.8 Å². The summed E-state index contributed by atoms with van der Waals surface area (Å²) < 4.78 is 39.7. The number of carbonyl (C=O) groups is 2. The average Bonchev–Trinajstić information content (AvgIpc) is 2.94. The molecule has 0 aliphatic carbocycles. The molecule has 0 radical (unpaired) electrons. The van der Waals surface area contributed by atoms with Crippen LogP contribution in [0.4, 0.5) is 20.6 Å². The molecule has 1 fully saturated rings. The molecule has 2 aromatic carbocycles. The van der Waals surface area contributed by atoms with E-state index in [1.807, 2.05) is 4.90 Å². The Labute approximate surface area is 173 Å². The number of hydrogen-bond acceptors (Lipinski definition) is 5. The molecular formula is C20H22FN3O5S. The predicted molar refractivity (Wildman–Crippen MR) is 109 cm³/mol. The van der Waals surface area contributed by atoms with E-state index in [9.17, 15) is 27.5 Å². The minimum atomic E-state index is -4.07.